The van der Waals surface area contributed by atoms with Crippen molar-refractivity contribution in [1.29, 1.82) is 5.26 Å². The minimum absolute atomic E-state index is 0.0582. The van der Waals surface area contributed by atoms with E-state index in [1.54, 1.807) is 0 Å². The number of rotatable bonds is 5. The number of carbonyl (C=O) groups is 1. The molecule has 0 aliphatic carbocycles. The number of benzene rings is 1. The number of nitriles is 1. The number of nitrogens with one attached hydrogen (secondary N) is 1. The van der Waals surface area contributed by atoms with E-state index in [-0.39, 0.29) is 17.9 Å². The molecule has 0 aliphatic rings. The lowest BCUT2D eigenvalue weighted by molar-refractivity contribution is -0.206. The summed E-state index contributed by atoms with van der Waals surface area (Å²) in [7, 11) is 0. The predicted molar refractivity (Wildman–Crippen MR) is 92.7 cm³/mol. The zero-order valence-corrected chi connectivity index (χ0v) is 14.7. The van der Waals surface area contributed by atoms with Crippen LogP contribution in [0.4, 0.5) is 28.2 Å². The molecule has 1 aromatic heterocycles. The number of alkyl halides is 3. The molecule has 1 heterocycles. The Bertz CT molecular complexity index is 879. The average Bonchev–Trinajstić information content (AvgIpc) is 2.64. The van der Waals surface area contributed by atoms with E-state index >= 15 is 0 Å². The summed E-state index contributed by atoms with van der Waals surface area (Å²) in [5.74, 6) is -0.529. The molecule has 28 heavy (non-hydrogen) atoms. The first-order chi connectivity index (χ1) is 13.1. The first-order valence-corrected chi connectivity index (χ1v) is 8.12. The first-order valence-electron chi connectivity index (χ1n) is 8.12. The Labute approximate surface area is 158 Å². The number of hydrogen-bond acceptors (Lipinski definition) is 4. The van der Waals surface area contributed by atoms with Crippen molar-refractivity contribution < 1.29 is 27.5 Å². The first kappa shape index (κ1) is 21.1. The fourth-order valence-electron chi connectivity index (χ4n) is 2.32. The molecule has 0 fully saturated rings. The van der Waals surface area contributed by atoms with Crippen molar-refractivity contribution in [2.45, 2.75) is 19.2 Å². The van der Waals surface area contributed by atoms with Crippen molar-refractivity contribution in [2.24, 2.45) is 0 Å². The maximum absolute atomic E-state index is 13.5. The average molecular weight is 396 g/mol. The van der Waals surface area contributed by atoms with E-state index in [1.165, 1.54) is 37.4 Å². The number of carbonyl (C=O) groups excluding carboxylic acids is 1. The van der Waals surface area contributed by atoms with Crippen molar-refractivity contribution in [1.82, 2.24) is 9.88 Å². The zero-order chi connectivity index (χ0) is 20.9. The summed E-state index contributed by atoms with van der Waals surface area (Å²) >= 11 is 0. The third kappa shape index (κ3) is 5.40. The minimum Gasteiger partial charge on any atom is -0.382 e. The van der Waals surface area contributed by atoms with Crippen molar-refractivity contribution in [3.05, 3.63) is 47.9 Å². The molecule has 0 saturated carbocycles. The van der Waals surface area contributed by atoms with Crippen molar-refractivity contribution in [2.75, 3.05) is 18.4 Å². The Morgan fingerprint density at radius 1 is 1.32 bits per heavy atom. The smallest absolute Gasteiger partial charge is 0.382 e. The number of aromatic nitrogens is 1. The minimum atomic E-state index is -4.83. The van der Waals surface area contributed by atoms with Crippen LogP contribution in [0.25, 0.3) is 11.1 Å². The Morgan fingerprint density at radius 3 is 2.57 bits per heavy atom. The van der Waals surface area contributed by atoms with Crippen molar-refractivity contribution in [3.63, 3.8) is 0 Å². The number of likely N-dealkylation sites (N-methyl/N-ethyl adjacent to an activating group) is 1. The lowest BCUT2D eigenvalue weighted by atomic mass is 10.0. The van der Waals surface area contributed by atoms with Gasteiger partial charge in [-0.1, -0.05) is 0 Å². The van der Waals surface area contributed by atoms with Gasteiger partial charge in [-0.2, -0.15) is 18.4 Å². The number of urea groups is 1. The Kier molecular flexibility index (Phi) is 6.53. The molecule has 0 bridgehead atoms. The summed E-state index contributed by atoms with van der Waals surface area (Å²) in [5.41, 5.74) is 1.02. The van der Waals surface area contributed by atoms with Crippen molar-refractivity contribution >= 4 is 11.8 Å². The monoisotopic (exact) mass is 396 g/mol. The quantitative estimate of drug-likeness (QED) is 0.757. The van der Waals surface area contributed by atoms with Gasteiger partial charge in [0, 0.05) is 18.3 Å². The molecule has 0 unspecified atom stereocenters. The SMILES string of the molecule is CCN(C[C@@H](O)C(F)(F)F)C(=O)Nc1ccc(-c2cc(F)cc(C#N)c2)cn1. The second-order valence-corrected chi connectivity index (χ2v) is 5.80. The van der Waals surface area contributed by atoms with E-state index in [0.29, 0.717) is 11.1 Å². The Morgan fingerprint density at radius 2 is 2.04 bits per heavy atom. The third-order valence-electron chi connectivity index (χ3n) is 3.80. The topological polar surface area (TPSA) is 89.2 Å². The van der Waals surface area contributed by atoms with Crippen LogP contribution >= 0.6 is 0 Å². The van der Waals surface area contributed by atoms with Gasteiger partial charge in [0.2, 0.25) is 0 Å². The number of pyridine rings is 1. The lowest BCUT2D eigenvalue weighted by Crippen LogP contribution is -2.45. The standard InChI is InChI=1S/C18H16F4N4O2/c1-2-26(10-15(27)18(20,21)22)17(28)25-16-4-3-12(9-24-16)13-5-11(8-23)6-14(19)7-13/h3-7,9,15,27H,2,10H2,1H3,(H,24,25,28)/t15-/m1/s1. The molecule has 0 saturated heterocycles. The van der Waals surface area contributed by atoms with Crippen LogP contribution in [0, 0.1) is 17.1 Å². The molecular formula is C18H16F4N4O2. The lowest BCUT2D eigenvalue weighted by Gasteiger charge is -2.25. The van der Waals surface area contributed by atoms with Crippen LogP contribution in [0.2, 0.25) is 0 Å². The second-order valence-electron chi connectivity index (χ2n) is 5.80. The van der Waals surface area contributed by atoms with E-state index in [4.69, 9.17) is 10.4 Å². The highest BCUT2D eigenvalue weighted by Crippen LogP contribution is 2.23. The van der Waals surface area contributed by atoms with Crippen LogP contribution in [-0.4, -0.2) is 46.4 Å². The molecule has 2 N–H and O–H groups in total. The fourth-order valence-corrected chi connectivity index (χ4v) is 2.32. The number of nitrogens with zero attached hydrogens (tertiary/aromatic N) is 3. The van der Waals surface area contributed by atoms with Crippen molar-refractivity contribution in [3.8, 4) is 17.2 Å². The van der Waals surface area contributed by atoms with Gasteiger partial charge in [0.15, 0.2) is 6.10 Å². The van der Waals surface area contributed by atoms with Crippen LogP contribution < -0.4 is 5.32 Å². The maximum atomic E-state index is 13.5. The number of aliphatic hydroxyl groups excluding tert-OH is 1. The van der Waals surface area contributed by atoms with Crippen LogP contribution in [0.15, 0.2) is 36.5 Å². The zero-order valence-electron chi connectivity index (χ0n) is 14.7. The normalized spacial score (nSPS) is 12.2. The van der Waals surface area contributed by atoms with Gasteiger partial charge in [0.1, 0.15) is 11.6 Å². The van der Waals surface area contributed by atoms with Gasteiger partial charge in [-0.25, -0.2) is 14.2 Å². The Hall–Kier alpha value is -3.19. The highest BCUT2D eigenvalue weighted by molar-refractivity contribution is 5.88. The summed E-state index contributed by atoms with van der Waals surface area (Å²) in [6.45, 7) is 0.497. The van der Waals surface area contributed by atoms with Gasteiger partial charge in [0.05, 0.1) is 18.2 Å². The molecule has 1 aromatic carbocycles. The fraction of sp³-hybridized carbons (Fsp3) is 0.278. The van der Waals surface area contributed by atoms with Gasteiger partial charge >= 0.3 is 12.2 Å². The highest BCUT2D eigenvalue weighted by Gasteiger charge is 2.39. The number of aliphatic hydroxyl groups is 1. The largest absolute Gasteiger partial charge is 0.416 e. The van der Waals surface area contributed by atoms with Crippen LogP contribution in [0.3, 0.4) is 0 Å². The van der Waals surface area contributed by atoms with Gasteiger partial charge in [0.25, 0.3) is 0 Å². The summed E-state index contributed by atoms with van der Waals surface area (Å²) in [5, 5.41) is 20.3. The molecule has 2 rings (SSSR count). The number of anilines is 1. The Balaban J connectivity index is 2.10. The van der Waals surface area contributed by atoms with Gasteiger partial charge in [-0.05, 0) is 42.8 Å². The summed E-state index contributed by atoms with van der Waals surface area (Å²) in [4.78, 5) is 16.9. The van der Waals surface area contributed by atoms with Gasteiger partial charge in [-0.15, -0.1) is 0 Å². The molecule has 1 atom stereocenters. The molecule has 10 heteroatoms. The molecular weight excluding hydrogens is 380 g/mol. The summed E-state index contributed by atoms with van der Waals surface area (Å²) in [6.07, 6.45) is -6.16. The number of hydrogen-bond donors (Lipinski definition) is 2. The van der Waals surface area contributed by atoms with Crippen LogP contribution in [-0.2, 0) is 0 Å². The van der Waals surface area contributed by atoms with E-state index in [9.17, 15) is 22.4 Å². The molecule has 2 amide bonds. The van der Waals surface area contributed by atoms with E-state index in [1.807, 2.05) is 6.07 Å². The molecule has 0 aliphatic heterocycles. The molecule has 6 nitrogen and oxygen atoms in total. The predicted octanol–water partition coefficient (Wildman–Crippen LogP) is 3.54. The van der Waals surface area contributed by atoms with E-state index < -0.39 is 30.7 Å². The van der Waals surface area contributed by atoms with Crippen LogP contribution in [0.5, 0.6) is 0 Å². The summed E-state index contributed by atoms with van der Waals surface area (Å²) < 4.78 is 50.9. The number of amides is 2. The van der Waals surface area contributed by atoms with E-state index in [0.717, 1.165) is 11.0 Å². The second kappa shape index (κ2) is 8.67. The number of halogens is 4. The molecule has 148 valence electrons. The van der Waals surface area contributed by atoms with E-state index in [2.05, 4.69) is 10.3 Å². The molecule has 2 aromatic rings. The third-order valence-corrected chi connectivity index (χ3v) is 3.80. The molecule has 0 radical (unpaired) electrons. The maximum Gasteiger partial charge on any atom is 0.416 e. The highest BCUT2D eigenvalue weighted by atomic mass is 19.4. The molecule has 0 spiro atoms. The van der Waals surface area contributed by atoms with Gasteiger partial charge in [-0.3, -0.25) is 5.32 Å². The summed E-state index contributed by atoms with van der Waals surface area (Å²) in [6, 6.07) is 7.65. The van der Waals surface area contributed by atoms with Gasteiger partial charge < -0.3 is 10.0 Å². The van der Waals surface area contributed by atoms with Crippen LogP contribution in [0.1, 0.15) is 12.5 Å².